The smallest absolute Gasteiger partial charge is 0.401 e. The minimum absolute atomic E-state index is 0.230. The van der Waals surface area contributed by atoms with Crippen molar-refractivity contribution in [3.63, 3.8) is 0 Å². The van der Waals surface area contributed by atoms with Gasteiger partial charge >= 0.3 is 5.88 Å². The molecule has 7 nitrogen and oxygen atoms in total. The van der Waals surface area contributed by atoms with Gasteiger partial charge < -0.3 is 4.42 Å². The Bertz CT molecular complexity index is 502. The van der Waals surface area contributed by atoms with E-state index < -0.39 is 10.8 Å². The molecule has 7 heteroatoms. The molecule has 0 atom stereocenters. The molecule has 0 aromatic carbocycles. The average molecular weight is 251 g/mol. The van der Waals surface area contributed by atoms with Crippen molar-refractivity contribution in [1.82, 2.24) is 5.43 Å². The third-order valence-electron chi connectivity index (χ3n) is 2.06. The zero-order valence-corrected chi connectivity index (χ0v) is 10.0. The first-order chi connectivity index (χ1) is 8.52. The molecule has 0 fully saturated rings. The van der Waals surface area contributed by atoms with Crippen molar-refractivity contribution < 1.29 is 14.1 Å². The average Bonchev–Trinajstić information content (AvgIpc) is 2.82. The highest BCUT2D eigenvalue weighted by molar-refractivity contribution is 5.92. The van der Waals surface area contributed by atoms with Crippen LogP contribution in [-0.4, -0.2) is 16.5 Å². The molecular weight excluding hydrogens is 238 g/mol. The van der Waals surface area contributed by atoms with Crippen LogP contribution in [0.1, 0.15) is 26.0 Å². The van der Waals surface area contributed by atoms with Gasteiger partial charge in [0.2, 0.25) is 0 Å². The minimum Gasteiger partial charge on any atom is -0.401 e. The van der Waals surface area contributed by atoms with E-state index in [1.807, 2.05) is 6.92 Å². The van der Waals surface area contributed by atoms with E-state index in [1.54, 1.807) is 6.92 Å². The Labute approximate surface area is 103 Å². The third-order valence-corrected chi connectivity index (χ3v) is 2.06. The monoisotopic (exact) mass is 251 g/mol. The lowest BCUT2D eigenvalue weighted by molar-refractivity contribution is -0.402. The molecule has 0 bridgehead atoms. The number of amides is 1. The van der Waals surface area contributed by atoms with Crippen molar-refractivity contribution in [2.45, 2.75) is 20.3 Å². The predicted molar refractivity (Wildman–Crippen MR) is 65.9 cm³/mol. The largest absolute Gasteiger partial charge is 0.433 e. The van der Waals surface area contributed by atoms with Crippen LogP contribution in [0.2, 0.25) is 0 Å². The number of rotatable bonds is 5. The fraction of sp³-hybridized carbons (Fsp3) is 0.273. The van der Waals surface area contributed by atoms with Crippen LogP contribution < -0.4 is 5.43 Å². The SMILES string of the molecule is CCC(C)=NNC(=O)C=Cc1ccc([N+](=O)[O-])o1. The third kappa shape index (κ3) is 4.20. The number of carbonyl (C=O) groups excluding carboxylic acids is 1. The molecule has 1 aromatic rings. The van der Waals surface area contributed by atoms with E-state index in [9.17, 15) is 14.9 Å². The van der Waals surface area contributed by atoms with Crippen LogP contribution in [0.25, 0.3) is 6.08 Å². The van der Waals surface area contributed by atoms with Crippen LogP contribution in [-0.2, 0) is 4.79 Å². The lowest BCUT2D eigenvalue weighted by Crippen LogP contribution is -2.15. The van der Waals surface area contributed by atoms with Gasteiger partial charge in [-0.25, -0.2) is 5.43 Å². The quantitative estimate of drug-likeness (QED) is 0.375. The van der Waals surface area contributed by atoms with E-state index in [1.165, 1.54) is 24.3 Å². The molecule has 0 spiro atoms. The Kier molecular flexibility index (Phi) is 4.79. The summed E-state index contributed by atoms with van der Waals surface area (Å²) >= 11 is 0. The molecule has 18 heavy (non-hydrogen) atoms. The number of hydrogen-bond acceptors (Lipinski definition) is 5. The summed E-state index contributed by atoms with van der Waals surface area (Å²) in [5.74, 6) is -0.565. The highest BCUT2D eigenvalue weighted by Gasteiger charge is 2.09. The lowest BCUT2D eigenvalue weighted by atomic mass is 10.3. The van der Waals surface area contributed by atoms with E-state index >= 15 is 0 Å². The summed E-state index contributed by atoms with van der Waals surface area (Å²) in [6.45, 7) is 3.71. The van der Waals surface area contributed by atoms with E-state index in [2.05, 4.69) is 10.5 Å². The highest BCUT2D eigenvalue weighted by Crippen LogP contribution is 2.16. The lowest BCUT2D eigenvalue weighted by Gasteiger charge is -1.95. The molecule has 1 heterocycles. The highest BCUT2D eigenvalue weighted by atomic mass is 16.6. The van der Waals surface area contributed by atoms with Gasteiger partial charge in [-0.1, -0.05) is 6.92 Å². The molecule has 1 rings (SSSR count). The van der Waals surface area contributed by atoms with Crippen molar-refractivity contribution >= 4 is 23.6 Å². The Morgan fingerprint density at radius 2 is 2.33 bits per heavy atom. The Hall–Kier alpha value is -2.44. The number of nitrogens with zero attached hydrogens (tertiary/aromatic N) is 2. The van der Waals surface area contributed by atoms with Gasteiger partial charge in [-0.2, -0.15) is 5.10 Å². The first-order valence-electron chi connectivity index (χ1n) is 5.28. The number of nitrogens with one attached hydrogen (secondary N) is 1. The van der Waals surface area contributed by atoms with Gasteiger partial charge in [0.25, 0.3) is 5.91 Å². The summed E-state index contributed by atoms with van der Waals surface area (Å²) < 4.78 is 4.84. The predicted octanol–water partition coefficient (Wildman–Crippen LogP) is 2.10. The number of carbonyl (C=O) groups is 1. The maximum Gasteiger partial charge on any atom is 0.433 e. The molecule has 1 aromatic heterocycles. The van der Waals surface area contributed by atoms with Crippen LogP contribution in [0.4, 0.5) is 5.88 Å². The molecule has 0 radical (unpaired) electrons. The van der Waals surface area contributed by atoms with Crippen LogP contribution in [0.3, 0.4) is 0 Å². The van der Waals surface area contributed by atoms with Gasteiger partial charge in [0, 0.05) is 11.8 Å². The van der Waals surface area contributed by atoms with Gasteiger partial charge in [0.1, 0.15) is 10.7 Å². The Balaban J connectivity index is 2.58. The number of furan rings is 1. The summed E-state index contributed by atoms with van der Waals surface area (Å²) in [6.07, 6.45) is 3.27. The number of hydrazone groups is 1. The number of hydrogen-bond donors (Lipinski definition) is 1. The molecule has 0 aliphatic rings. The molecule has 1 N–H and O–H groups in total. The molecular formula is C11H13N3O4. The fourth-order valence-corrected chi connectivity index (χ4v) is 0.955. The van der Waals surface area contributed by atoms with E-state index in [0.29, 0.717) is 0 Å². The van der Waals surface area contributed by atoms with E-state index in [4.69, 9.17) is 4.42 Å². The molecule has 0 aliphatic carbocycles. The maximum atomic E-state index is 11.3. The van der Waals surface area contributed by atoms with Gasteiger partial charge in [0.05, 0.1) is 6.07 Å². The van der Waals surface area contributed by atoms with Gasteiger partial charge in [-0.3, -0.25) is 14.9 Å². The first-order valence-corrected chi connectivity index (χ1v) is 5.28. The molecule has 0 unspecified atom stereocenters. The fourth-order valence-electron chi connectivity index (χ4n) is 0.955. The van der Waals surface area contributed by atoms with Crippen molar-refractivity contribution in [1.29, 1.82) is 0 Å². The molecule has 0 saturated heterocycles. The van der Waals surface area contributed by atoms with Gasteiger partial charge in [0.15, 0.2) is 0 Å². The zero-order chi connectivity index (χ0) is 13.5. The maximum absolute atomic E-state index is 11.3. The van der Waals surface area contributed by atoms with Crippen molar-refractivity contribution in [3.05, 3.63) is 34.1 Å². The minimum atomic E-state index is -0.647. The van der Waals surface area contributed by atoms with Crippen molar-refractivity contribution in [3.8, 4) is 0 Å². The summed E-state index contributed by atoms with van der Waals surface area (Å²) in [6, 6.07) is 2.62. The van der Waals surface area contributed by atoms with Crippen molar-refractivity contribution in [2.24, 2.45) is 5.10 Å². The van der Waals surface area contributed by atoms with Crippen molar-refractivity contribution in [2.75, 3.05) is 0 Å². The topological polar surface area (TPSA) is 97.7 Å². The second-order valence-corrected chi connectivity index (χ2v) is 3.44. The zero-order valence-electron chi connectivity index (χ0n) is 10.0. The van der Waals surface area contributed by atoms with Crippen LogP contribution in [0.15, 0.2) is 27.7 Å². The van der Waals surface area contributed by atoms with Crippen LogP contribution in [0.5, 0.6) is 0 Å². The standard InChI is InChI=1S/C11H13N3O4/c1-3-8(2)12-13-10(15)6-4-9-5-7-11(18-9)14(16)17/h4-7H,3H2,1-2H3,(H,13,15). The number of nitro groups is 1. The Morgan fingerprint density at radius 3 is 2.89 bits per heavy atom. The van der Waals surface area contributed by atoms with Crippen LogP contribution in [0, 0.1) is 10.1 Å². The Morgan fingerprint density at radius 1 is 1.61 bits per heavy atom. The second-order valence-electron chi connectivity index (χ2n) is 3.44. The molecule has 1 amide bonds. The summed E-state index contributed by atoms with van der Waals surface area (Å²) in [4.78, 5) is 21.0. The summed E-state index contributed by atoms with van der Waals surface area (Å²) in [5.41, 5.74) is 3.12. The normalized spacial score (nSPS) is 11.8. The van der Waals surface area contributed by atoms with Gasteiger partial charge in [-0.05, 0) is 25.5 Å². The van der Waals surface area contributed by atoms with E-state index in [0.717, 1.165) is 12.1 Å². The summed E-state index contributed by atoms with van der Waals surface area (Å²) in [5, 5.41) is 14.2. The van der Waals surface area contributed by atoms with E-state index in [-0.39, 0.29) is 11.6 Å². The first kappa shape index (κ1) is 13.6. The molecule has 0 saturated carbocycles. The molecule has 96 valence electrons. The summed E-state index contributed by atoms with van der Waals surface area (Å²) in [7, 11) is 0. The molecule has 0 aliphatic heterocycles. The van der Waals surface area contributed by atoms with Crippen LogP contribution >= 0.6 is 0 Å². The van der Waals surface area contributed by atoms with Gasteiger partial charge in [-0.15, -0.1) is 0 Å². The second kappa shape index (κ2) is 6.33.